The second-order valence-corrected chi connectivity index (χ2v) is 6.76. The average Bonchev–Trinajstić information content (AvgIpc) is 3.20. The largest absolute Gasteiger partial charge is 0.338 e. The normalized spacial score (nSPS) is 26.0. The van der Waals surface area contributed by atoms with E-state index in [2.05, 4.69) is 26.4 Å². The van der Waals surface area contributed by atoms with Crippen LogP contribution in [-0.4, -0.2) is 57.5 Å². The predicted octanol–water partition coefficient (Wildman–Crippen LogP) is 2.06. The maximum atomic E-state index is 12.6. The lowest BCUT2D eigenvalue weighted by Gasteiger charge is -2.33. The van der Waals surface area contributed by atoms with Gasteiger partial charge in [0.15, 0.2) is 0 Å². The van der Waals surface area contributed by atoms with E-state index in [9.17, 15) is 4.79 Å². The molecule has 0 spiro atoms. The molecule has 0 N–H and O–H groups in total. The number of carbonyl (C=O) groups is 1. The van der Waals surface area contributed by atoms with Crippen molar-refractivity contribution in [2.75, 3.05) is 20.1 Å². The summed E-state index contributed by atoms with van der Waals surface area (Å²) in [6, 6.07) is 1.04. The van der Waals surface area contributed by atoms with Crippen LogP contribution in [0.1, 0.15) is 44.3 Å². The van der Waals surface area contributed by atoms with Gasteiger partial charge in [0.1, 0.15) is 5.82 Å². The molecule has 3 rings (SSSR count). The molecule has 2 aliphatic heterocycles. The molecule has 122 valence electrons. The zero-order valence-electron chi connectivity index (χ0n) is 13.9. The molecule has 2 atom stereocenters. The second kappa shape index (κ2) is 6.82. The minimum atomic E-state index is 0.348. The number of aromatic nitrogens is 2. The first-order chi connectivity index (χ1) is 10.7. The third kappa shape index (κ3) is 3.19. The summed E-state index contributed by atoms with van der Waals surface area (Å²) in [5.41, 5.74) is 0. The number of aryl methyl sites for hydroxylation is 2. The number of carbonyl (C=O) groups excluding carboxylic acids is 1. The lowest BCUT2D eigenvalue weighted by Crippen LogP contribution is -2.47. The molecule has 0 radical (unpaired) electrons. The van der Waals surface area contributed by atoms with Crippen molar-refractivity contribution in [2.24, 2.45) is 0 Å². The number of likely N-dealkylation sites (N-methyl/N-ethyl adjacent to an activating group) is 1. The van der Waals surface area contributed by atoms with Crippen LogP contribution in [0.3, 0.4) is 0 Å². The SMILES string of the molecule is Cc1nccn1CCCC(=O)N1CCC[C@@H]1[C@@H]1CCCN1C. The van der Waals surface area contributed by atoms with Crippen molar-refractivity contribution in [1.82, 2.24) is 19.4 Å². The van der Waals surface area contributed by atoms with Gasteiger partial charge in [0.2, 0.25) is 5.91 Å². The summed E-state index contributed by atoms with van der Waals surface area (Å²) in [6.45, 7) is 5.04. The quantitative estimate of drug-likeness (QED) is 0.836. The van der Waals surface area contributed by atoms with Gasteiger partial charge >= 0.3 is 0 Å². The summed E-state index contributed by atoms with van der Waals surface area (Å²) in [7, 11) is 2.21. The lowest BCUT2D eigenvalue weighted by atomic mass is 10.0. The van der Waals surface area contributed by atoms with Gasteiger partial charge in [0.05, 0.1) is 0 Å². The first kappa shape index (κ1) is 15.5. The summed E-state index contributed by atoms with van der Waals surface area (Å²) >= 11 is 0. The summed E-state index contributed by atoms with van der Waals surface area (Å²) in [4.78, 5) is 21.5. The maximum Gasteiger partial charge on any atom is 0.222 e. The van der Waals surface area contributed by atoms with Crippen LogP contribution in [0.2, 0.25) is 0 Å². The second-order valence-electron chi connectivity index (χ2n) is 6.76. The van der Waals surface area contributed by atoms with E-state index in [-0.39, 0.29) is 0 Å². The Labute approximate surface area is 133 Å². The van der Waals surface area contributed by atoms with Crippen LogP contribution in [0.15, 0.2) is 12.4 Å². The van der Waals surface area contributed by atoms with Crippen LogP contribution in [0.4, 0.5) is 0 Å². The number of likely N-dealkylation sites (tertiary alicyclic amines) is 2. The highest BCUT2D eigenvalue weighted by Crippen LogP contribution is 2.29. The van der Waals surface area contributed by atoms with Gasteiger partial charge in [0.25, 0.3) is 0 Å². The highest BCUT2D eigenvalue weighted by atomic mass is 16.2. The van der Waals surface area contributed by atoms with Crippen molar-refractivity contribution in [3.05, 3.63) is 18.2 Å². The molecule has 1 aromatic heterocycles. The third-order valence-electron chi connectivity index (χ3n) is 5.35. The van der Waals surface area contributed by atoms with Crippen LogP contribution in [0.5, 0.6) is 0 Å². The van der Waals surface area contributed by atoms with Gasteiger partial charge in [-0.2, -0.15) is 0 Å². The van der Waals surface area contributed by atoms with Crippen LogP contribution in [-0.2, 0) is 11.3 Å². The Bertz CT molecular complexity index is 513. The topological polar surface area (TPSA) is 41.4 Å². The molecule has 2 fully saturated rings. The molecule has 0 saturated carbocycles. The molecular weight excluding hydrogens is 276 g/mol. The van der Waals surface area contributed by atoms with E-state index in [0.29, 0.717) is 24.4 Å². The Morgan fingerprint density at radius 2 is 2.05 bits per heavy atom. The zero-order chi connectivity index (χ0) is 15.5. The van der Waals surface area contributed by atoms with Crippen LogP contribution in [0, 0.1) is 6.92 Å². The van der Waals surface area contributed by atoms with Crippen LogP contribution >= 0.6 is 0 Å². The Balaban J connectivity index is 1.51. The van der Waals surface area contributed by atoms with Crippen molar-refractivity contribution < 1.29 is 4.79 Å². The summed E-state index contributed by atoms with van der Waals surface area (Å²) in [5, 5.41) is 0. The summed E-state index contributed by atoms with van der Waals surface area (Å²) < 4.78 is 2.12. The van der Waals surface area contributed by atoms with Crippen molar-refractivity contribution in [3.63, 3.8) is 0 Å². The van der Waals surface area contributed by atoms with Gasteiger partial charge in [-0.1, -0.05) is 0 Å². The first-order valence-electron chi connectivity index (χ1n) is 8.64. The molecule has 0 aromatic carbocycles. The molecule has 1 aromatic rings. The van der Waals surface area contributed by atoms with Gasteiger partial charge in [-0.05, 0) is 52.6 Å². The molecule has 22 heavy (non-hydrogen) atoms. The molecule has 1 amide bonds. The molecule has 0 aliphatic carbocycles. The maximum absolute atomic E-state index is 12.6. The minimum absolute atomic E-state index is 0.348. The fraction of sp³-hybridized carbons (Fsp3) is 0.765. The molecule has 0 unspecified atom stereocenters. The number of nitrogens with zero attached hydrogens (tertiary/aromatic N) is 4. The van der Waals surface area contributed by atoms with E-state index in [0.717, 1.165) is 25.3 Å². The molecular formula is C17H28N4O. The Morgan fingerprint density at radius 1 is 1.27 bits per heavy atom. The predicted molar refractivity (Wildman–Crippen MR) is 86.6 cm³/mol. The number of amides is 1. The number of hydrogen-bond donors (Lipinski definition) is 0. The van der Waals surface area contributed by atoms with E-state index >= 15 is 0 Å². The van der Waals surface area contributed by atoms with Crippen LogP contribution < -0.4 is 0 Å². The number of hydrogen-bond acceptors (Lipinski definition) is 3. The molecule has 0 bridgehead atoms. The van der Waals surface area contributed by atoms with Crippen molar-refractivity contribution in [2.45, 2.75) is 64.1 Å². The van der Waals surface area contributed by atoms with Gasteiger partial charge in [-0.3, -0.25) is 4.79 Å². The third-order valence-corrected chi connectivity index (χ3v) is 5.35. The standard InChI is InChI=1S/C17H28N4O/c1-14-18-9-13-20(14)11-5-8-17(22)21-12-4-7-16(21)15-6-3-10-19(15)2/h9,13,15-16H,3-8,10-12H2,1-2H3/t15-,16+/m0/s1. The van der Waals surface area contributed by atoms with E-state index in [1.54, 1.807) is 0 Å². The van der Waals surface area contributed by atoms with E-state index in [1.807, 2.05) is 19.3 Å². The highest BCUT2D eigenvalue weighted by molar-refractivity contribution is 5.76. The first-order valence-corrected chi connectivity index (χ1v) is 8.64. The summed E-state index contributed by atoms with van der Waals surface area (Å²) in [6.07, 6.45) is 10.3. The number of imidazole rings is 1. The van der Waals surface area contributed by atoms with Gasteiger partial charge in [-0.15, -0.1) is 0 Å². The Morgan fingerprint density at radius 3 is 2.73 bits per heavy atom. The van der Waals surface area contributed by atoms with Crippen molar-refractivity contribution in [1.29, 1.82) is 0 Å². The molecule has 5 heteroatoms. The van der Waals surface area contributed by atoms with Crippen LogP contribution in [0.25, 0.3) is 0 Å². The molecule has 5 nitrogen and oxygen atoms in total. The highest BCUT2D eigenvalue weighted by Gasteiger charge is 2.37. The lowest BCUT2D eigenvalue weighted by molar-refractivity contribution is -0.133. The fourth-order valence-corrected chi connectivity index (χ4v) is 4.11. The smallest absolute Gasteiger partial charge is 0.222 e. The van der Waals surface area contributed by atoms with E-state index < -0.39 is 0 Å². The molecule has 2 saturated heterocycles. The van der Waals surface area contributed by atoms with Crippen molar-refractivity contribution >= 4 is 5.91 Å². The van der Waals surface area contributed by atoms with Gasteiger partial charge in [-0.25, -0.2) is 4.98 Å². The molecule has 2 aliphatic rings. The number of rotatable bonds is 5. The van der Waals surface area contributed by atoms with E-state index in [1.165, 1.54) is 32.2 Å². The Kier molecular flexibility index (Phi) is 4.81. The van der Waals surface area contributed by atoms with Gasteiger partial charge in [0, 0.05) is 44.0 Å². The molecule has 3 heterocycles. The Hall–Kier alpha value is -1.36. The average molecular weight is 304 g/mol. The van der Waals surface area contributed by atoms with E-state index in [4.69, 9.17) is 0 Å². The fourth-order valence-electron chi connectivity index (χ4n) is 4.11. The zero-order valence-corrected chi connectivity index (χ0v) is 13.9. The van der Waals surface area contributed by atoms with Gasteiger partial charge < -0.3 is 14.4 Å². The van der Waals surface area contributed by atoms with Crippen molar-refractivity contribution in [3.8, 4) is 0 Å². The summed E-state index contributed by atoms with van der Waals surface area (Å²) in [5.74, 6) is 1.37. The monoisotopic (exact) mass is 304 g/mol. The minimum Gasteiger partial charge on any atom is -0.338 e.